The number of hydrogen-bond donors (Lipinski definition) is 1. The Kier molecular flexibility index (Phi) is 6.35. The van der Waals surface area contributed by atoms with Crippen molar-refractivity contribution in [2.75, 3.05) is 13.1 Å². The van der Waals surface area contributed by atoms with Crippen LogP contribution in [0, 0.1) is 5.92 Å². The molecule has 4 rings (SSSR count). The summed E-state index contributed by atoms with van der Waals surface area (Å²) in [5.41, 5.74) is 0.786. The Morgan fingerprint density at radius 1 is 1.16 bits per heavy atom. The van der Waals surface area contributed by atoms with Crippen LogP contribution in [0.15, 0.2) is 47.1 Å². The van der Waals surface area contributed by atoms with Crippen molar-refractivity contribution in [3.63, 3.8) is 0 Å². The van der Waals surface area contributed by atoms with Crippen LogP contribution in [0.5, 0.6) is 5.75 Å². The number of ether oxygens (including phenoxy) is 1. The standard InChI is InChI=1S/C25H32N2O4/c1-18(2)14-24(29)27-11-9-25(10-12-27)16-19(21-7-3-4-8-22(21)31-25)15-23(28)26-17-20-6-5-13-30-20/h3-8,13,18-19H,9-12,14-17H2,1-2H3,(H,26,28)/t19-/m0/s1. The molecule has 0 aliphatic carbocycles. The number of benzene rings is 1. The SMILES string of the molecule is CC(C)CC(=O)N1CCC2(CC1)C[C@H](CC(=O)NCc1ccco1)c1ccccc1O2. The van der Waals surface area contributed by atoms with E-state index in [0.717, 1.165) is 36.3 Å². The van der Waals surface area contributed by atoms with Gasteiger partial charge >= 0.3 is 0 Å². The number of nitrogens with zero attached hydrogens (tertiary/aromatic N) is 1. The first-order chi connectivity index (χ1) is 14.9. The quantitative estimate of drug-likeness (QED) is 0.752. The van der Waals surface area contributed by atoms with Crippen molar-refractivity contribution in [1.29, 1.82) is 0 Å². The van der Waals surface area contributed by atoms with Gasteiger partial charge in [0.15, 0.2) is 0 Å². The highest BCUT2D eigenvalue weighted by Gasteiger charge is 2.44. The van der Waals surface area contributed by atoms with Gasteiger partial charge in [-0.2, -0.15) is 0 Å². The second-order valence-corrected chi connectivity index (χ2v) is 9.26. The zero-order chi connectivity index (χ0) is 21.8. The van der Waals surface area contributed by atoms with Gasteiger partial charge in [0.1, 0.15) is 17.1 Å². The number of amides is 2. The molecule has 2 aliphatic heterocycles. The average molecular weight is 425 g/mol. The summed E-state index contributed by atoms with van der Waals surface area (Å²) in [7, 11) is 0. The largest absolute Gasteiger partial charge is 0.487 e. The Balaban J connectivity index is 1.42. The number of furan rings is 1. The lowest BCUT2D eigenvalue weighted by molar-refractivity contribution is -0.136. The summed E-state index contributed by atoms with van der Waals surface area (Å²) in [6.07, 6.45) is 5.02. The van der Waals surface area contributed by atoms with Crippen LogP contribution in [0.3, 0.4) is 0 Å². The molecule has 1 aromatic carbocycles. The van der Waals surface area contributed by atoms with Gasteiger partial charge in [-0.05, 0) is 36.1 Å². The summed E-state index contributed by atoms with van der Waals surface area (Å²) in [6, 6.07) is 11.7. The van der Waals surface area contributed by atoms with E-state index in [2.05, 4.69) is 25.2 Å². The molecule has 166 valence electrons. The summed E-state index contributed by atoms with van der Waals surface area (Å²) in [5, 5.41) is 2.97. The predicted molar refractivity (Wildman–Crippen MR) is 118 cm³/mol. The normalized spacial score (nSPS) is 19.7. The minimum atomic E-state index is -0.311. The highest BCUT2D eigenvalue weighted by atomic mass is 16.5. The van der Waals surface area contributed by atoms with E-state index in [-0.39, 0.29) is 23.3 Å². The molecule has 2 aliphatic rings. The number of rotatable bonds is 6. The fourth-order valence-electron chi connectivity index (χ4n) is 4.77. The molecule has 31 heavy (non-hydrogen) atoms. The second-order valence-electron chi connectivity index (χ2n) is 9.26. The van der Waals surface area contributed by atoms with Gasteiger partial charge in [-0.1, -0.05) is 32.0 Å². The molecule has 3 heterocycles. The van der Waals surface area contributed by atoms with Gasteiger partial charge in [0.05, 0.1) is 12.8 Å². The fraction of sp³-hybridized carbons (Fsp3) is 0.520. The topological polar surface area (TPSA) is 71.8 Å². The molecule has 0 unspecified atom stereocenters. The fourth-order valence-corrected chi connectivity index (χ4v) is 4.77. The van der Waals surface area contributed by atoms with Gasteiger partial charge in [-0.25, -0.2) is 0 Å². The van der Waals surface area contributed by atoms with E-state index < -0.39 is 0 Å². The molecule has 0 radical (unpaired) electrons. The van der Waals surface area contributed by atoms with E-state index in [9.17, 15) is 9.59 Å². The first-order valence-corrected chi connectivity index (χ1v) is 11.3. The number of carbonyl (C=O) groups excluding carboxylic acids is 2. The summed E-state index contributed by atoms with van der Waals surface area (Å²) in [5.74, 6) is 2.33. The van der Waals surface area contributed by atoms with Gasteiger partial charge < -0.3 is 19.4 Å². The zero-order valence-corrected chi connectivity index (χ0v) is 18.4. The molecule has 0 saturated carbocycles. The second kappa shape index (κ2) is 9.16. The third-order valence-corrected chi connectivity index (χ3v) is 6.39. The molecule has 2 aromatic rings. The number of hydrogen-bond acceptors (Lipinski definition) is 4. The lowest BCUT2D eigenvalue weighted by atomic mass is 9.76. The number of fused-ring (bicyclic) bond motifs is 1. The maximum atomic E-state index is 12.7. The lowest BCUT2D eigenvalue weighted by Crippen LogP contribution is -2.52. The Bertz CT molecular complexity index is 898. The van der Waals surface area contributed by atoms with E-state index in [1.165, 1.54) is 0 Å². The van der Waals surface area contributed by atoms with Crippen molar-refractivity contribution in [2.24, 2.45) is 5.92 Å². The Morgan fingerprint density at radius 3 is 2.65 bits per heavy atom. The van der Waals surface area contributed by atoms with Crippen LogP contribution in [0.25, 0.3) is 0 Å². The zero-order valence-electron chi connectivity index (χ0n) is 18.4. The maximum Gasteiger partial charge on any atom is 0.222 e. The molecule has 0 bridgehead atoms. The summed E-state index contributed by atoms with van der Waals surface area (Å²) < 4.78 is 11.8. The molecule has 1 atom stereocenters. The van der Waals surface area contributed by atoms with Crippen LogP contribution in [-0.2, 0) is 16.1 Å². The van der Waals surface area contributed by atoms with Gasteiger partial charge in [0.25, 0.3) is 0 Å². The lowest BCUT2D eigenvalue weighted by Gasteiger charge is -2.47. The maximum absolute atomic E-state index is 12.7. The average Bonchev–Trinajstić information content (AvgIpc) is 3.26. The minimum Gasteiger partial charge on any atom is -0.487 e. The number of nitrogens with one attached hydrogen (secondary N) is 1. The van der Waals surface area contributed by atoms with Crippen molar-refractivity contribution in [3.8, 4) is 5.75 Å². The molecule has 6 heteroatoms. The minimum absolute atomic E-state index is 0.0119. The first kappa shape index (κ1) is 21.5. The van der Waals surface area contributed by atoms with Gasteiger partial charge in [-0.15, -0.1) is 0 Å². The van der Waals surface area contributed by atoms with Crippen molar-refractivity contribution in [3.05, 3.63) is 54.0 Å². The Morgan fingerprint density at radius 2 is 1.94 bits per heavy atom. The summed E-state index contributed by atoms with van der Waals surface area (Å²) in [4.78, 5) is 27.1. The molecular weight excluding hydrogens is 392 g/mol. The number of carbonyl (C=O) groups is 2. The van der Waals surface area contributed by atoms with Crippen molar-refractivity contribution >= 4 is 11.8 Å². The molecule has 2 amide bonds. The highest BCUT2D eigenvalue weighted by molar-refractivity contribution is 5.77. The Labute approximate surface area is 183 Å². The van der Waals surface area contributed by atoms with Gasteiger partial charge in [-0.3, -0.25) is 9.59 Å². The first-order valence-electron chi connectivity index (χ1n) is 11.3. The van der Waals surface area contributed by atoms with Crippen LogP contribution in [-0.4, -0.2) is 35.4 Å². The predicted octanol–water partition coefficient (Wildman–Crippen LogP) is 4.26. The molecule has 6 nitrogen and oxygen atoms in total. The van der Waals surface area contributed by atoms with Crippen LogP contribution in [0.4, 0.5) is 0 Å². The monoisotopic (exact) mass is 424 g/mol. The molecule has 1 saturated heterocycles. The highest BCUT2D eigenvalue weighted by Crippen LogP contribution is 2.46. The van der Waals surface area contributed by atoms with Crippen LogP contribution < -0.4 is 10.1 Å². The molecule has 1 N–H and O–H groups in total. The van der Waals surface area contributed by atoms with Crippen molar-refractivity contribution in [1.82, 2.24) is 10.2 Å². The van der Waals surface area contributed by atoms with E-state index in [0.29, 0.717) is 38.4 Å². The van der Waals surface area contributed by atoms with E-state index in [1.54, 1.807) is 6.26 Å². The van der Waals surface area contributed by atoms with Crippen molar-refractivity contribution in [2.45, 2.75) is 64.0 Å². The number of likely N-dealkylation sites (tertiary alicyclic amines) is 1. The summed E-state index contributed by atoms with van der Waals surface area (Å²) >= 11 is 0. The van der Waals surface area contributed by atoms with Crippen LogP contribution in [0.1, 0.15) is 63.2 Å². The van der Waals surface area contributed by atoms with Gasteiger partial charge in [0, 0.05) is 44.7 Å². The van der Waals surface area contributed by atoms with E-state index in [1.807, 2.05) is 35.2 Å². The Hall–Kier alpha value is -2.76. The molecular formula is C25H32N2O4. The summed E-state index contributed by atoms with van der Waals surface area (Å²) in [6.45, 7) is 5.98. The smallest absolute Gasteiger partial charge is 0.222 e. The third kappa shape index (κ3) is 5.12. The molecule has 1 aromatic heterocycles. The number of piperidine rings is 1. The van der Waals surface area contributed by atoms with Crippen LogP contribution >= 0.6 is 0 Å². The van der Waals surface area contributed by atoms with Crippen molar-refractivity contribution < 1.29 is 18.7 Å². The molecule has 1 spiro atoms. The molecule has 1 fully saturated rings. The number of para-hydroxylation sites is 1. The van der Waals surface area contributed by atoms with E-state index >= 15 is 0 Å². The van der Waals surface area contributed by atoms with E-state index in [4.69, 9.17) is 9.15 Å². The van der Waals surface area contributed by atoms with Gasteiger partial charge in [0.2, 0.25) is 11.8 Å². The van der Waals surface area contributed by atoms with Crippen LogP contribution in [0.2, 0.25) is 0 Å². The third-order valence-electron chi connectivity index (χ3n) is 6.39.